The Kier molecular flexibility index (Phi) is 5.92. The third-order valence-electron chi connectivity index (χ3n) is 4.08. The molecule has 1 aromatic carbocycles. The second kappa shape index (κ2) is 6.83. The lowest BCUT2D eigenvalue weighted by Crippen LogP contribution is -2.38. The molecule has 0 aliphatic carbocycles. The topological polar surface area (TPSA) is 55.5 Å². The van der Waals surface area contributed by atoms with Crippen molar-refractivity contribution in [2.75, 3.05) is 12.3 Å². The van der Waals surface area contributed by atoms with Crippen LogP contribution in [0.2, 0.25) is 23.2 Å². The molecule has 0 saturated heterocycles. The van der Waals surface area contributed by atoms with Gasteiger partial charge in [0, 0.05) is 5.02 Å². The minimum absolute atomic E-state index is 0.0340. The van der Waals surface area contributed by atoms with Gasteiger partial charge in [-0.25, -0.2) is 0 Å². The summed E-state index contributed by atoms with van der Waals surface area (Å²) in [5.41, 5.74) is 6.40. The summed E-state index contributed by atoms with van der Waals surface area (Å²) < 4.78 is 5.66. The van der Waals surface area contributed by atoms with Crippen LogP contribution in [-0.2, 0) is 0 Å². The van der Waals surface area contributed by atoms with Crippen molar-refractivity contribution < 1.29 is 9.53 Å². The van der Waals surface area contributed by atoms with E-state index in [1.165, 1.54) is 0 Å². The maximum atomic E-state index is 10.2. The molecule has 0 aromatic heterocycles. The summed E-state index contributed by atoms with van der Waals surface area (Å²) in [5.74, 6) is 0.686. The highest BCUT2D eigenvalue weighted by molar-refractivity contribution is 6.72. The van der Waals surface area contributed by atoms with Crippen molar-refractivity contribution in [1.82, 2.24) is 0 Å². The number of hydrogen-bond acceptors (Lipinski definition) is 3. The zero-order valence-electron chi connectivity index (χ0n) is 12.9. The van der Waals surface area contributed by atoms with E-state index in [1.54, 1.807) is 18.2 Å². The fraction of sp³-hybridized carbons (Fsp3) is 0.600. The predicted octanol–water partition coefficient (Wildman–Crippen LogP) is 4.45. The summed E-state index contributed by atoms with van der Waals surface area (Å²) in [6.07, 6.45) is 3.01. The SMILES string of the molecule is CC(C)(CCCCOc1ccc(Cl)cc1N)[Si](C)(C)O. The van der Waals surface area contributed by atoms with Gasteiger partial charge in [0.1, 0.15) is 5.75 Å². The van der Waals surface area contributed by atoms with Crippen molar-refractivity contribution >= 4 is 25.6 Å². The zero-order valence-corrected chi connectivity index (χ0v) is 14.6. The summed E-state index contributed by atoms with van der Waals surface area (Å²) in [7, 11) is -2.10. The Morgan fingerprint density at radius 1 is 1.30 bits per heavy atom. The van der Waals surface area contributed by atoms with Crippen LogP contribution in [0.15, 0.2) is 18.2 Å². The number of anilines is 1. The first-order valence-electron chi connectivity index (χ1n) is 7.04. The molecule has 0 bridgehead atoms. The van der Waals surface area contributed by atoms with Gasteiger partial charge < -0.3 is 15.3 Å². The number of unbranched alkanes of at least 4 members (excludes halogenated alkanes) is 1. The molecule has 3 N–H and O–H groups in total. The molecule has 0 radical (unpaired) electrons. The number of nitrogen functional groups attached to an aromatic ring is 1. The van der Waals surface area contributed by atoms with Crippen molar-refractivity contribution in [1.29, 1.82) is 0 Å². The second-order valence-corrected chi connectivity index (χ2v) is 11.3. The number of ether oxygens (including phenoxy) is 1. The Bertz CT molecular complexity index is 444. The minimum atomic E-state index is -2.10. The maximum Gasteiger partial charge on any atom is 0.188 e. The van der Waals surface area contributed by atoms with Gasteiger partial charge in [0.15, 0.2) is 8.32 Å². The summed E-state index contributed by atoms with van der Waals surface area (Å²) in [6.45, 7) is 8.93. The first kappa shape index (κ1) is 17.3. The highest BCUT2D eigenvalue weighted by Gasteiger charge is 2.37. The molecule has 1 rings (SSSR count). The standard InChI is InChI=1S/C15H26ClNO2Si/c1-15(2,20(3,4)18)9-5-6-10-19-14-8-7-12(16)11-13(14)17/h7-8,11,18H,5-6,9-10,17H2,1-4H3. The molecular formula is C15H26ClNO2Si. The molecule has 1 aromatic rings. The molecule has 114 valence electrons. The zero-order chi connectivity index (χ0) is 15.4. The van der Waals surface area contributed by atoms with E-state index in [4.69, 9.17) is 22.1 Å². The van der Waals surface area contributed by atoms with Gasteiger partial charge in [-0.2, -0.15) is 0 Å². The largest absolute Gasteiger partial charge is 0.491 e. The molecule has 0 aliphatic rings. The van der Waals surface area contributed by atoms with Gasteiger partial charge >= 0.3 is 0 Å². The normalized spacial score (nSPS) is 12.5. The fourth-order valence-corrected chi connectivity index (χ4v) is 2.78. The third-order valence-corrected chi connectivity index (χ3v) is 7.88. The first-order valence-corrected chi connectivity index (χ1v) is 10.4. The van der Waals surface area contributed by atoms with Gasteiger partial charge in [-0.05, 0) is 55.6 Å². The Balaban J connectivity index is 2.32. The van der Waals surface area contributed by atoms with E-state index in [9.17, 15) is 4.80 Å². The van der Waals surface area contributed by atoms with Crippen molar-refractivity contribution in [3.8, 4) is 5.75 Å². The lowest BCUT2D eigenvalue weighted by molar-refractivity contribution is 0.301. The number of rotatable bonds is 7. The molecule has 3 nitrogen and oxygen atoms in total. The first-order chi connectivity index (χ1) is 9.13. The average Bonchev–Trinajstić information content (AvgIpc) is 2.29. The predicted molar refractivity (Wildman–Crippen MR) is 89.0 cm³/mol. The van der Waals surface area contributed by atoms with Crippen LogP contribution < -0.4 is 10.5 Å². The van der Waals surface area contributed by atoms with Crippen LogP contribution in [0.4, 0.5) is 5.69 Å². The summed E-state index contributed by atoms with van der Waals surface area (Å²) in [4.78, 5) is 10.2. The highest BCUT2D eigenvalue weighted by Crippen LogP contribution is 2.40. The Morgan fingerprint density at radius 2 is 1.95 bits per heavy atom. The molecule has 0 saturated carbocycles. The van der Waals surface area contributed by atoms with Crippen molar-refractivity contribution in [2.45, 2.75) is 51.2 Å². The maximum absolute atomic E-state index is 10.2. The van der Waals surface area contributed by atoms with Gasteiger partial charge in [0.05, 0.1) is 12.3 Å². The molecule has 0 heterocycles. The van der Waals surface area contributed by atoms with E-state index in [1.807, 2.05) is 13.1 Å². The van der Waals surface area contributed by atoms with Gasteiger partial charge in [-0.3, -0.25) is 0 Å². The Labute approximate surface area is 128 Å². The molecule has 0 unspecified atom stereocenters. The molecule has 0 amide bonds. The van der Waals surface area contributed by atoms with Crippen LogP contribution in [-0.4, -0.2) is 19.7 Å². The number of halogens is 1. The summed E-state index contributed by atoms with van der Waals surface area (Å²) >= 11 is 5.84. The van der Waals surface area contributed by atoms with E-state index in [2.05, 4.69) is 13.8 Å². The number of benzene rings is 1. The van der Waals surface area contributed by atoms with Crippen LogP contribution in [0.3, 0.4) is 0 Å². The molecule has 5 heteroatoms. The molecule has 0 fully saturated rings. The smallest absolute Gasteiger partial charge is 0.188 e. The van der Waals surface area contributed by atoms with Gasteiger partial charge in [0.2, 0.25) is 0 Å². The molecule has 0 spiro atoms. The number of hydrogen-bond donors (Lipinski definition) is 2. The van der Waals surface area contributed by atoms with Crippen LogP contribution in [0.25, 0.3) is 0 Å². The fourth-order valence-electron chi connectivity index (χ4n) is 1.81. The van der Waals surface area contributed by atoms with Gasteiger partial charge in [-0.1, -0.05) is 25.4 Å². The molecule has 20 heavy (non-hydrogen) atoms. The Morgan fingerprint density at radius 3 is 2.50 bits per heavy atom. The monoisotopic (exact) mass is 315 g/mol. The van der Waals surface area contributed by atoms with Gasteiger partial charge in [-0.15, -0.1) is 0 Å². The van der Waals surface area contributed by atoms with Crippen LogP contribution in [0.5, 0.6) is 5.75 Å². The summed E-state index contributed by atoms with van der Waals surface area (Å²) in [6, 6.07) is 5.27. The van der Waals surface area contributed by atoms with E-state index in [0.717, 1.165) is 19.3 Å². The molecule has 0 atom stereocenters. The van der Waals surface area contributed by atoms with Gasteiger partial charge in [0.25, 0.3) is 0 Å². The average molecular weight is 316 g/mol. The van der Waals surface area contributed by atoms with Crippen molar-refractivity contribution in [2.24, 2.45) is 0 Å². The van der Waals surface area contributed by atoms with Crippen LogP contribution in [0.1, 0.15) is 33.1 Å². The van der Waals surface area contributed by atoms with E-state index in [0.29, 0.717) is 23.1 Å². The van der Waals surface area contributed by atoms with Crippen molar-refractivity contribution in [3.63, 3.8) is 0 Å². The van der Waals surface area contributed by atoms with E-state index in [-0.39, 0.29) is 5.04 Å². The van der Waals surface area contributed by atoms with E-state index < -0.39 is 8.32 Å². The Hall–Kier alpha value is -0.713. The molecular weight excluding hydrogens is 290 g/mol. The van der Waals surface area contributed by atoms with Crippen LogP contribution >= 0.6 is 11.6 Å². The van der Waals surface area contributed by atoms with Crippen molar-refractivity contribution in [3.05, 3.63) is 23.2 Å². The highest BCUT2D eigenvalue weighted by atomic mass is 35.5. The third kappa shape index (κ3) is 5.00. The minimum Gasteiger partial charge on any atom is -0.491 e. The number of nitrogens with two attached hydrogens (primary N) is 1. The quantitative estimate of drug-likeness (QED) is 0.444. The lowest BCUT2D eigenvalue weighted by atomic mass is 10.1. The molecule has 0 aliphatic heterocycles. The van der Waals surface area contributed by atoms with E-state index >= 15 is 0 Å². The second-order valence-electron chi connectivity index (χ2n) is 6.43. The summed E-state index contributed by atoms with van der Waals surface area (Å²) in [5, 5.41) is 0.651. The van der Waals surface area contributed by atoms with Crippen LogP contribution in [0, 0.1) is 0 Å². The lowest BCUT2D eigenvalue weighted by Gasteiger charge is -2.35.